The van der Waals surface area contributed by atoms with Crippen LogP contribution < -0.4 is 0 Å². The molecular formula is C33H39N3O. The molecular weight excluding hydrogens is 454 g/mol. The van der Waals surface area contributed by atoms with Crippen molar-refractivity contribution in [2.75, 3.05) is 19.6 Å². The summed E-state index contributed by atoms with van der Waals surface area (Å²) in [5.74, 6) is 0.795. The van der Waals surface area contributed by atoms with Crippen LogP contribution in [0.15, 0.2) is 71.8 Å². The van der Waals surface area contributed by atoms with Crippen molar-refractivity contribution < 1.29 is 4.79 Å². The maximum atomic E-state index is 13.7. The molecule has 1 fully saturated rings. The average Bonchev–Trinajstić information content (AvgIpc) is 3.34. The predicted molar refractivity (Wildman–Crippen MR) is 152 cm³/mol. The highest BCUT2D eigenvalue weighted by Crippen LogP contribution is 2.35. The lowest BCUT2D eigenvalue weighted by Gasteiger charge is -2.33. The number of piperidine rings is 1. The van der Waals surface area contributed by atoms with Crippen LogP contribution in [0.1, 0.15) is 64.2 Å². The van der Waals surface area contributed by atoms with E-state index in [9.17, 15) is 4.79 Å². The predicted octanol–water partition coefficient (Wildman–Crippen LogP) is 6.55. The Balaban J connectivity index is 1.31. The van der Waals surface area contributed by atoms with Crippen molar-refractivity contribution in [2.45, 2.75) is 59.4 Å². The van der Waals surface area contributed by atoms with Gasteiger partial charge in [-0.1, -0.05) is 66.2 Å². The van der Waals surface area contributed by atoms with Crippen LogP contribution in [0.5, 0.6) is 0 Å². The molecule has 192 valence electrons. The number of hydrazone groups is 1. The Kier molecular flexibility index (Phi) is 7.57. The molecule has 0 bridgehead atoms. The van der Waals surface area contributed by atoms with Gasteiger partial charge in [0.15, 0.2) is 0 Å². The van der Waals surface area contributed by atoms with E-state index in [0.29, 0.717) is 12.5 Å². The Morgan fingerprint density at radius 3 is 2.32 bits per heavy atom. The lowest BCUT2D eigenvalue weighted by Crippen LogP contribution is -2.42. The van der Waals surface area contributed by atoms with E-state index < -0.39 is 0 Å². The maximum absolute atomic E-state index is 13.7. The normalized spacial score (nSPS) is 18.8. The number of hydrogen-bond acceptors (Lipinski definition) is 3. The molecule has 1 unspecified atom stereocenters. The Hall–Kier alpha value is -3.24. The molecule has 3 aromatic rings. The van der Waals surface area contributed by atoms with Crippen LogP contribution in [0.2, 0.25) is 0 Å². The summed E-state index contributed by atoms with van der Waals surface area (Å²) in [7, 11) is 0. The van der Waals surface area contributed by atoms with Crippen molar-refractivity contribution in [2.24, 2.45) is 11.0 Å². The van der Waals surface area contributed by atoms with E-state index in [1.807, 2.05) is 0 Å². The maximum Gasteiger partial charge on any atom is 0.257 e. The van der Waals surface area contributed by atoms with E-state index >= 15 is 0 Å². The van der Waals surface area contributed by atoms with Gasteiger partial charge in [-0.15, -0.1) is 0 Å². The summed E-state index contributed by atoms with van der Waals surface area (Å²) in [4.78, 5) is 16.1. The third-order valence-corrected chi connectivity index (χ3v) is 8.23. The second-order valence-electron chi connectivity index (χ2n) is 11.1. The van der Waals surface area contributed by atoms with Crippen molar-refractivity contribution in [3.63, 3.8) is 0 Å². The summed E-state index contributed by atoms with van der Waals surface area (Å²) < 4.78 is 0. The quantitative estimate of drug-likeness (QED) is 0.390. The van der Waals surface area contributed by atoms with Crippen LogP contribution in [0, 0.1) is 33.6 Å². The minimum absolute atomic E-state index is 0.0559. The zero-order chi connectivity index (χ0) is 25.9. The lowest BCUT2D eigenvalue weighted by atomic mass is 9.90. The highest BCUT2D eigenvalue weighted by Gasteiger charge is 2.35. The Morgan fingerprint density at radius 1 is 0.865 bits per heavy atom. The molecule has 3 aromatic carbocycles. The number of carbonyl (C=O) groups is 1. The molecule has 0 aromatic heterocycles. The molecule has 2 heterocycles. The van der Waals surface area contributed by atoms with Crippen molar-refractivity contribution in [1.29, 1.82) is 0 Å². The van der Waals surface area contributed by atoms with Gasteiger partial charge in [-0.05, 0) is 105 Å². The second kappa shape index (κ2) is 11.0. The first-order valence-electron chi connectivity index (χ1n) is 13.7. The fraction of sp³-hybridized carbons (Fsp3) is 0.394. The molecule has 1 amide bonds. The van der Waals surface area contributed by atoms with Gasteiger partial charge in [-0.25, -0.2) is 5.01 Å². The number of hydrogen-bond donors (Lipinski definition) is 0. The van der Waals surface area contributed by atoms with Crippen molar-refractivity contribution >= 4 is 11.6 Å². The number of carbonyl (C=O) groups excluding carboxylic acids is 1. The molecule has 0 saturated carbocycles. The van der Waals surface area contributed by atoms with Crippen LogP contribution in [-0.4, -0.2) is 41.2 Å². The fourth-order valence-corrected chi connectivity index (χ4v) is 5.76. The van der Waals surface area contributed by atoms with Crippen molar-refractivity contribution in [3.8, 4) is 0 Å². The summed E-state index contributed by atoms with van der Waals surface area (Å²) in [6.07, 6.45) is 4.16. The molecule has 2 aliphatic heterocycles. The first kappa shape index (κ1) is 25.4. The number of aryl methyl sites for hydroxylation is 4. The lowest BCUT2D eigenvalue weighted by molar-refractivity contribution is -0.134. The van der Waals surface area contributed by atoms with Gasteiger partial charge in [0, 0.05) is 6.42 Å². The topological polar surface area (TPSA) is 35.9 Å². The Bertz CT molecular complexity index is 1290. The standard InChI is InChI=1S/C33H39N3O/c1-23-10-11-25(3)30(18-23)32-21-31(29-13-12-24(2)26(4)19-29)34-36(32)33(37)22-35-16-14-28(15-17-35)20-27-8-6-5-7-9-27/h5-13,18-19,28,32H,14-17,20-22H2,1-4H3. The monoisotopic (exact) mass is 493 g/mol. The SMILES string of the molecule is Cc1ccc(C)c(C2CC(c3ccc(C)c(C)c3)=NN2C(=O)CN2CCC(Cc3ccccc3)CC2)c1. The summed E-state index contributed by atoms with van der Waals surface area (Å²) in [6, 6.07) is 23.8. The molecule has 0 aliphatic carbocycles. The van der Waals surface area contributed by atoms with Crippen LogP contribution in [0.4, 0.5) is 0 Å². The molecule has 1 atom stereocenters. The molecule has 0 spiro atoms. The highest BCUT2D eigenvalue weighted by atomic mass is 16.2. The summed E-state index contributed by atoms with van der Waals surface area (Å²) in [5, 5.41) is 6.76. The molecule has 2 aliphatic rings. The van der Waals surface area contributed by atoms with Crippen LogP contribution >= 0.6 is 0 Å². The average molecular weight is 494 g/mol. The van der Waals surface area contributed by atoms with E-state index in [1.54, 1.807) is 5.01 Å². The minimum atomic E-state index is -0.0559. The van der Waals surface area contributed by atoms with E-state index in [2.05, 4.69) is 99.3 Å². The van der Waals surface area contributed by atoms with Gasteiger partial charge in [-0.3, -0.25) is 9.69 Å². The number of nitrogens with zero attached hydrogens (tertiary/aromatic N) is 3. The molecule has 4 nitrogen and oxygen atoms in total. The molecule has 1 saturated heterocycles. The largest absolute Gasteiger partial charge is 0.294 e. The first-order chi connectivity index (χ1) is 17.9. The van der Waals surface area contributed by atoms with E-state index in [-0.39, 0.29) is 11.9 Å². The van der Waals surface area contributed by atoms with Gasteiger partial charge in [0.2, 0.25) is 0 Å². The molecule has 0 N–H and O–H groups in total. The third kappa shape index (κ3) is 5.86. The van der Waals surface area contributed by atoms with Crippen LogP contribution in [0.25, 0.3) is 0 Å². The number of amides is 1. The van der Waals surface area contributed by atoms with Gasteiger partial charge in [0.1, 0.15) is 0 Å². The highest BCUT2D eigenvalue weighted by molar-refractivity contribution is 6.03. The van der Waals surface area contributed by atoms with Crippen LogP contribution in [-0.2, 0) is 11.2 Å². The van der Waals surface area contributed by atoms with Crippen molar-refractivity contribution in [1.82, 2.24) is 9.91 Å². The van der Waals surface area contributed by atoms with Crippen LogP contribution in [0.3, 0.4) is 0 Å². The summed E-state index contributed by atoms with van der Waals surface area (Å²) in [6.45, 7) is 10.9. The van der Waals surface area contributed by atoms with E-state index in [4.69, 9.17) is 5.10 Å². The first-order valence-corrected chi connectivity index (χ1v) is 13.7. The zero-order valence-corrected chi connectivity index (χ0v) is 22.7. The number of rotatable bonds is 6. The fourth-order valence-electron chi connectivity index (χ4n) is 5.76. The number of likely N-dealkylation sites (tertiary alicyclic amines) is 1. The van der Waals surface area contributed by atoms with Gasteiger partial charge < -0.3 is 0 Å². The van der Waals surface area contributed by atoms with Gasteiger partial charge >= 0.3 is 0 Å². The van der Waals surface area contributed by atoms with E-state index in [1.165, 1.54) is 33.4 Å². The number of benzene rings is 3. The molecule has 37 heavy (non-hydrogen) atoms. The van der Waals surface area contributed by atoms with Gasteiger partial charge in [0.05, 0.1) is 18.3 Å². The van der Waals surface area contributed by atoms with Gasteiger partial charge in [0.25, 0.3) is 5.91 Å². The molecule has 4 heteroatoms. The third-order valence-electron chi connectivity index (χ3n) is 8.23. The molecule has 5 rings (SSSR count). The second-order valence-corrected chi connectivity index (χ2v) is 11.1. The Morgan fingerprint density at radius 2 is 1.59 bits per heavy atom. The zero-order valence-electron chi connectivity index (χ0n) is 22.7. The Labute approximate surface area is 222 Å². The summed E-state index contributed by atoms with van der Waals surface area (Å²) in [5.41, 5.74) is 9.71. The van der Waals surface area contributed by atoms with E-state index in [0.717, 1.165) is 50.0 Å². The molecule has 0 radical (unpaired) electrons. The minimum Gasteiger partial charge on any atom is -0.294 e. The van der Waals surface area contributed by atoms with Gasteiger partial charge in [-0.2, -0.15) is 5.10 Å². The summed E-state index contributed by atoms with van der Waals surface area (Å²) >= 11 is 0. The van der Waals surface area contributed by atoms with Crippen molar-refractivity contribution in [3.05, 3.63) is 106 Å². The smallest absolute Gasteiger partial charge is 0.257 e.